The Bertz CT molecular complexity index is 1210. The second-order valence-corrected chi connectivity index (χ2v) is 7.78. The minimum Gasteiger partial charge on any atom is -0.356 e. The van der Waals surface area contributed by atoms with Gasteiger partial charge in [-0.15, -0.1) is 0 Å². The van der Waals surface area contributed by atoms with Gasteiger partial charge in [0.25, 0.3) is 0 Å². The molecule has 4 aromatic heterocycles. The first-order valence-electron chi connectivity index (χ1n) is 10.3. The SMILES string of the molecule is Cn1ncc2cc(Nc3ncc4ccn(CCCNC(=O)C5CCC5)c4n3)cnc21. The summed E-state index contributed by atoms with van der Waals surface area (Å²) in [6.45, 7) is 1.47. The lowest BCUT2D eigenvalue weighted by atomic mass is 9.85. The predicted octanol–water partition coefficient (Wildman–Crippen LogP) is 2.76. The van der Waals surface area contributed by atoms with Crippen LogP contribution in [0.4, 0.5) is 11.6 Å². The average Bonchev–Trinajstić information content (AvgIpc) is 3.27. The van der Waals surface area contributed by atoms with Crippen LogP contribution in [0.15, 0.2) is 36.9 Å². The van der Waals surface area contributed by atoms with Crippen molar-refractivity contribution in [1.29, 1.82) is 0 Å². The molecule has 0 spiro atoms. The number of nitrogens with one attached hydrogen (secondary N) is 2. The maximum atomic E-state index is 11.9. The Hall–Kier alpha value is -3.49. The van der Waals surface area contributed by atoms with Crippen LogP contribution in [0.1, 0.15) is 25.7 Å². The van der Waals surface area contributed by atoms with Crippen LogP contribution in [0.3, 0.4) is 0 Å². The van der Waals surface area contributed by atoms with Crippen molar-refractivity contribution < 1.29 is 4.79 Å². The summed E-state index contributed by atoms with van der Waals surface area (Å²) in [5.74, 6) is 0.955. The highest BCUT2D eigenvalue weighted by molar-refractivity contribution is 5.80. The van der Waals surface area contributed by atoms with Crippen LogP contribution in [0, 0.1) is 5.92 Å². The van der Waals surface area contributed by atoms with E-state index < -0.39 is 0 Å². The molecule has 0 aromatic carbocycles. The summed E-state index contributed by atoms with van der Waals surface area (Å²) in [4.78, 5) is 25.5. The molecule has 0 bridgehead atoms. The number of rotatable bonds is 7. The summed E-state index contributed by atoms with van der Waals surface area (Å²) in [5.41, 5.74) is 2.51. The number of fused-ring (bicyclic) bond motifs is 2. The number of aryl methyl sites for hydroxylation is 2. The van der Waals surface area contributed by atoms with Crippen molar-refractivity contribution in [3.63, 3.8) is 0 Å². The van der Waals surface area contributed by atoms with Gasteiger partial charge in [0.15, 0.2) is 5.65 Å². The number of carbonyl (C=O) groups excluding carboxylic acids is 1. The molecular formula is C21H24N8O. The van der Waals surface area contributed by atoms with Gasteiger partial charge in [-0.1, -0.05) is 6.42 Å². The molecule has 1 fully saturated rings. The molecule has 0 radical (unpaired) electrons. The highest BCUT2D eigenvalue weighted by Gasteiger charge is 2.24. The summed E-state index contributed by atoms with van der Waals surface area (Å²) < 4.78 is 3.84. The molecular weight excluding hydrogens is 380 g/mol. The zero-order chi connectivity index (χ0) is 20.5. The average molecular weight is 404 g/mol. The van der Waals surface area contributed by atoms with Crippen molar-refractivity contribution >= 4 is 39.6 Å². The smallest absolute Gasteiger partial charge is 0.229 e. The largest absolute Gasteiger partial charge is 0.356 e. The number of pyridine rings is 1. The Morgan fingerprint density at radius 1 is 1.17 bits per heavy atom. The standard InChI is InChI=1S/C21H24N8O/c1-28-18-16(12-25-28)10-17(13-23-18)26-21-24-11-15-6-9-29(19(15)27-21)8-3-7-22-20(30)14-4-2-5-14/h6,9-14H,2-5,7-8H2,1H3,(H,22,30)(H,24,26,27). The van der Waals surface area contributed by atoms with Crippen LogP contribution in [0.2, 0.25) is 0 Å². The molecule has 0 unspecified atom stereocenters. The molecule has 1 aliphatic rings. The minimum absolute atomic E-state index is 0.201. The number of aromatic nitrogens is 6. The van der Waals surface area contributed by atoms with Gasteiger partial charge in [0.05, 0.1) is 18.1 Å². The van der Waals surface area contributed by atoms with E-state index in [1.165, 1.54) is 6.42 Å². The van der Waals surface area contributed by atoms with E-state index in [1.807, 2.05) is 31.6 Å². The molecule has 30 heavy (non-hydrogen) atoms. The quantitative estimate of drug-likeness (QED) is 0.459. The Kier molecular flexibility index (Phi) is 4.78. The van der Waals surface area contributed by atoms with Crippen LogP contribution >= 0.6 is 0 Å². The molecule has 154 valence electrons. The fourth-order valence-electron chi connectivity index (χ4n) is 3.73. The van der Waals surface area contributed by atoms with Crippen LogP contribution in [0.25, 0.3) is 22.1 Å². The maximum Gasteiger partial charge on any atom is 0.229 e. The van der Waals surface area contributed by atoms with E-state index in [9.17, 15) is 4.79 Å². The normalized spacial score (nSPS) is 14.2. The summed E-state index contributed by atoms with van der Waals surface area (Å²) in [6, 6.07) is 3.99. The second kappa shape index (κ2) is 7.74. The monoisotopic (exact) mass is 404 g/mol. The minimum atomic E-state index is 0.201. The lowest BCUT2D eigenvalue weighted by molar-refractivity contribution is -0.127. The molecule has 4 aromatic rings. The molecule has 1 saturated carbocycles. The van der Waals surface area contributed by atoms with Gasteiger partial charge in [-0.05, 0) is 31.4 Å². The number of carbonyl (C=O) groups is 1. The molecule has 4 heterocycles. The van der Waals surface area contributed by atoms with Crippen molar-refractivity contribution in [2.75, 3.05) is 11.9 Å². The zero-order valence-corrected chi connectivity index (χ0v) is 16.9. The number of hydrogen-bond acceptors (Lipinski definition) is 6. The van der Waals surface area contributed by atoms with E-state index in [1.54, 1.807) is 17.1 Å². The zero-order valence-electron chi connectivity index (χ0n) is 16.9. The van der Waals surface area contributed by atoms with E-state index in [4.69, 9.17) is 0 Å². The summed E-state index contributed by atoms with van der Waals surface area (Å²) in [6.07, 6.45) is 11.5. The Labute approximate surface area is 173 Å². The predicted molar refractivity (Wildman–Crippen MR) is 114 cm³/mol. The first kappa shape index (κ1) is 18.5. The van der Waals surface area contributed by atoms with Crippen molar-refractivity contribution in [1.82, 2.24) is 34.6 Å². The van der Waals surface area contributed by atoms with Crippen LogP contribution in [-0.2, 0) is 18.4 Å². The van der Waals surface area contributed by atoms with Gasteiger partial charge in [0, 0.05) is 49.2 Å². The summed E-state index contributed by atoms with van der Waals surface area (Å²) in [5, 5.41) is 12.4. The maximum absolute atomic E-state index is 11.9. The van der Waals surface area contributed by atoms with Crippen LogP contribution in [-0.4, -0.2) is 41.8 Å². The van der Waals surface area contributed by atoms with Gasteiger partial charge in [-0.2, -0.15) is 10.1 Å². The Morgan fingerprint density at radius 3 is 2.90 bits per heavy atom. The highest BCUT2D eigenvalue weighted by Crippen LogP contribution is 2.26. The molecule has 0 aliphatic heterocycles. The molecule has 2 N–H and O–H groups in total. The molecule has 0 saturated heterocycles. The summed E-state index contributed by atoms with van der Waals surface area (Å²) >= 11 is 0. The topological polar surface area (TPSA) is 103 Å². The van der Waals surface area contributed by atoms with Crippen molar-refractivity contribution in [3.05, 3.63) is 36.9 Å². The lowest BCUT2D eigenvalue weighted by Crippen LogP contribution is -2.35. The number of hydrogen-bond donors (Lipinski definition) is 2. The van der Waals surface area contributed by atoms with Crippen molar-refractivity contribution in [2.45, 2.75) is 32.2 Å². The van der Waals surface area contributed by atoms with E-state index >= 15 is 0 Å². The number of nitrogens with zero attached hydrogens (tertiary/aromatic N) is 6. The second-order valence-electron chi connectivity index (χ2n) is 7.78. The molecule has 0 atom stereocenters. The van der Waals surface area contributed by atoms with Gasteiger partial charge in [-0.25, -0.2) is 9.97 Å². The Morgan fingerprint density at radius 2 is 2.07 bits per heavy atom. The number of anilines is 2. The fraction of sp³-hybridized carbons (Fsp3) is 0.381. The molecule has 1 aliphatic carbocycles. The van der Waals surface area contributed by atoms with Crippen LogP contribution in [0.5, 0.6) is 0 Å². The third-order valence-electron chi connectivity index (χ3n) is 5.68. The van der Waals surface area contributed by atoms with Crippen molar-refractivity contribution in [3.8, 4) is 0 Å². The third-order valence-corrected chi connectivity index (χ3v) is 5.68. The third kappa shape index (κ3) is 3.58. The van der Waals surface area contributed by atoms with Crippen LogP contribution < -0.4 is 10.6 Å². The first-order valence-corrected chi connectivity index (χ1v) is 10.3. The first-order chi connectivity index (χ1) is 14.7. The van der Waals surface area contributed by atoms with Crippen molar-refractivity contribution in [2.24, 2.45) is 13.0 Å². The summed E-state index contributed by atoms with van der Waals surface area (Å²) in [7, 11) is 1.87. The molecule has 5 rings (SSSR count). The van der Waals surface area contributed by atoms with Gasteiger partial charge in [-0.3, -0.25) is 9.48 Å². The number of amides is 1. The molecule has 9 heteroatoms. The molecule has 1 amide bonds. The van der Waals surface area contributed by atoms with E-state index in [2.05, 4.69) is 35.3 Å². The van der Waals surface area contributed by atoms with E-state index in [-0.39, 0.29) is 11.8 Å². The van der Waals surface area contributed by atoms with Gasteiger partial charge < -0.3 is 15.2 Å². The lowest BCUT2D eigenvalue weighted by Gasteiger charge is -2.24. The Balaban J connectivity index is 1.25. The highest BCUT2D eigenvalue weighted by atomic mass is 16.1. The molecule has 9 nitrogen and oxygen atoms in total. The van der Waals surface area contributed by atoms with Gasteiger partial charge in [0.2, 0.25) is 11.9 Å². The van der Waals surface area contributed by atoms with E-state index in [0.717, 1.165) is 53.6 Å². The van der Waals surface area contributed by atoms with Gasteiger partial charge in [0.1, 0.15) is 5.65 Å². The van der Waals surface area contributed by atoms with Gasteiger partial charge >= 0.3 is 0 Å². The fourth-order valence-corrected chi connectivity index (χ4v) is 3.73. The van der Waals surface area contributed by atoms with E-state index in [0.29, 0.717) is 12.5 Å².